The molecule has 0 bridgehead atoms. The first kappa shape index (κ1) is 20.4. The van der Waals surface area contributed by atoms with Gasteiger partial charge in [0.2, 0.25) is 0 Å². The van der Waals surface area contributed by atoms with Crippen molar-refractivity contribution < 1.29 is 9.53 Å². The van der Waals surface area contributed by atoms with Crippen molar-refractivity contribution in [2.75, 3.05) is 12.5 Å². The Kier molecular flexibility index (Phi) is 5.10. The molecule has 1 N–H and O–H groups in total. The van der Waals surface area contributed by atoms with Gasteiger partial charge >= 0.3 is 0 Å². The number of nitrogens with zero attached hydrogens (tertiary/aromatic N) is 4. The molecule has 0 fully saturated rings. The number of benzene rings is 2. The van der Waals surface area contributed by atoms with E-state index >= 15 is 0 Å². The zero-order valence-corrected chi connectivity index (χ0v) is 18.1. The number of aromatic nitrogens is 4. The van der Waals surface area contributed by atoms with Crippen LogP contribution in [0.1, 0.15) is 23.0 Å². The van der Waals surface area contributed by atoms with Gasteiger partial charge in [0.15, 0.2) is 5.65 Å². The summed E-state index contributed by atoms with van der Waals surface area (Å²) < 4.78 is 7.97. The van der Waals surface area contributed by atoms with E-state index in [4.69, 9.17) is 9.84 Å². The highest BCUT2D eigenvalue weighted by Gasteiger charge is 2.18. The minimum Gasteiger partial charge on any atom is -0.497 e. The standard InChI is InChI=1S/C25H21N5O3/c1-3-20-22(16-7-5-4-6-8-16)23-26-15-19-21(30(23)27-20)13-14-29(25(19)32)28-24(31)17-9-11-18(33-2)12-10-17/h4-15H,3H2,1-2H3,(H,28,31). The number of fused-ring (bicyclic) bond motifs is 3. The van der Waals surface area contributed by atoms with Crippen LogP contribution in [0.25, 0.3) is 27.7 Å². The van der Waals surface area contributed by atoms with Crippen molar-refractivity contribution in [3.63, 3.8) is 0 Å². The second-order valence-electron chi connectivity index (χ2n) is 7.49. The zero-order chi connectivity index (χ0) is 22.9. The Bertz CT molecular complexity index is 1540. The fraction of sp³-hybridized carbons (Fsp3) is 0.120. The Hall–Kier alpha value is -4.46. The Morgan fingerprint density at radius 1 is 1.06 bits per heavy atom. The molecule has 2 aromatic carbocycles. The van der Waals surface area contributed by atoms with Crippen LogP contribution in [0.5, 0.6) is 5.75 Å². The van der Waals surface area contributed by atoms with Crippen molar-refractivity contribution in [1.29, 1.82) is 0 Å². The van der Waals surface area contributed by atoms with Crippen LogP contribution in [0.4, 0.5) is 0 Å². The van der Waals surface area contributed by atoms with Crippen molar-refractivity contribution >= 4 is 22.5 Å². The highest BCUT2D eigenvalue weighted by Crippen LogP contribution is 2.29. The lowest BCUT2D eigenvalue weighted by Crippen LogP contribution is -2.32. The van der Waals surface area contributed by atoms with Crippen LogP contribution in [-0.2, 0) is 6.42 Å². The molecule has 5 rings (SSSR count). The summed E-state index contributed by atoms with van der Waals surface area (Å²) in [7, 11) is 1.56. The molecule has 0 aliphatic heterocycles. The van der Waals surface area contributed by atoms with Gasteiger partial charge in [0.1, 0.15) is 5.75 Å². The van der Waals surface area contributed by atoms with E-state index in [1.54, 1.807) is 42.0 Å². The predicted molar refractivity (Wildman–Crippen MR) is 126 cm³/mol. The average molecular weight is 439 g/mol. The first-order valence-electron chi connectivity index (χ1n) is 10.5. The fourth-order valence-corrected chi connectivity index (χ4v) is 3.87. The van der Waals surface area contributed by atoms with Crippen LogP contribution in [-0.4, -0.2) is 32.3 Å². The van der Waals surface area contributed by atoms with Gasteiger partial charge in [-0.05, 0) is 42.3 Å². The van der Waals surface area contributed by atoms with Crippen molar-refractivity contribution in [3.05, 3.63) is 94.7 Å². The van der Waals surface area contributed by atoms with Gasteiger partial charge in [-0.2, -0.15) is 5.10 Å². The molecule has 0 unspecified atom stereocenters. The molecule has 0 spiro atoms. The SMILES string of the molecule is CCc1nn2c(ncc3c(=O)n(NC(=O)c4ccc(OC)cc4)ccc32)c1-c1ccccc1. The number of ether oxygens (including phenoxy) is 1. The van der Waals surface area contributed by atoms with E-state index < -0.39 is 11.5 Å². The average Bonchev–Trinajstić information content (AvgIpc) is 3.25. The summed E-state index contributed by atoms with van der Waals surface area (Å²) >= 11 is 0. The van der Waals surface area contributed by atoms with E-state index in [2.05, 4.69) is 10.4 Å². The maximum atomic E-state index is 13.1. The lowest BCUT2D eigenvalue weighted by atomic mass is 10.0. The number of nitrogens with one attached hydrogen (secondary N) is 1. The largest absolute Gasteiger partial charge is 0.497 e. The molecule has 0 saturated carbocycles. The van der Waals surface area contributed by atoms with E-state index in [0.717, 1.165) is 27.9 Å². The number of carbonyl (C=O) groups is 1. The Morgan fingerprint density at radius 3 is 2.52 bits per heavy atom. The summed E-state index contributed by atoms with van der Waals surface area (Å²) in [5.41, 5.74) is 6.83. The summed E-state index contributed by atoms with van der Waals surface area (Å²) in [6.45, 7) is 2.04. The molecule has 3 aromatic heterocycles. The highest BCUT2D eigenvalue weighted by atomic mass is 16.5. The second-order valence-corrected chi connectivity index (χ2v) is 7.49. The van der Waals surface area contributed by atoms with Crippen molar-refractivity contribution in [2.24, 2.45) is 0 Å². The molecule has 164 valence electrons. The Morgan fingerprint density at radius 2 is 1.82 bits per heavy atom. The molecule has 33 heavy (non-hydrogen) atoms. The molecule has 1 amide bonds. The van der Waals surface area contributed by atoms with E-state index in [9.17, 15) is 9.59 Å². The second kappa shape index (κ2) is 8.23. The summed E-state index contributed by atoms with van der Waals surface area (Å²) in [6.07, 6.45) is 3.79. The van der Waals surface area contributed by atoms with Gasteiger partial charge in [-0.15, -0.1) is 0 Å². The van der Waals surface area contributed by atoms with Crippen LogP contribution in [0.2, 0.25) is 0 Å². The van der Waals surface area contributed by atoms with Gasteiger partial charge < -0.3 is 4.74 Å². The summed E-state index contributed by atoms with van der Waals surface area (Å²) in [5.74, 6) is 0.233. The molecule has 0 saturated heterocycles. The Labute approximate surface area is 189 Å². The number of amides is 1. The molecular formula is C25H21N5O3. The summed E-state index contributed by atoms with van der Waals surface area (Å²) in [5, 5.41) is 5.09. The Balaban J connectivity index is 1.58. The molecule has 0 aliphatic rings. The number of hydrogen-bond acceptors (Lipinski definition) is 5. The monoisotopic (exact) mass is 439 g/mol. The molecule has 5 aromatic rings. The number of pyridine rings is 1. The minimum absolute atomic E-state index is 0.352. The van der Waals surface area contributed by atoms with Crippen molar-refractivity contribution in [2.45, 2.75) is 13.3 Å². The van der Waals surface area contributed by atoms with Gasteiger partial charge in [-0.1, -0.05) is 37.3 Å². The van der Waals surface area contributed by atoms with Crippen LogP contribution in [0, 0.1) is 0 Å². The predicted octanol–water partition coefficient (Wildman–Crippen LogP) is 3.67. The third-order valence-electron chi connectivity index (χ3n) is 5.56. The number of methoxy groups -OCH3 is 1. The number of rotatable bonds is 5. The molecule has 8 heteroatoms. The van der Waals surface area contributed by atoms with Gasteiger partial charge in [0.05, 0.1) is 23.7 Å². The first-order chi connectivity index (χ1) is 16.1. The van der Waals surface area contributed by atoms with Crippen LogP contribution >= 0.6 is 0 Å². The van der Waals surface area contributed by atoms with E-state index in [-0.39, 0.29) is 0 Å². The van der Waals surface area contributed by atoms with Crippen molar-refractivity contribution in [3.8, 4) is 16.9 Å². The third-order valence-corrected chi connectivity index (χ3v) is 5.56. The highest BCUT2D eigenvalue weighted by molar-refractivity contribution is 6.00. The summed E-state index contributed by atoms with van der Waals surface area (Å²) in [6, 6.07) is 18.3. The van der Waals surface area contributed by atoms with Gasteiger partial charge in [0, 0.05) is 23.5 Å². The van der Waals surface area contributed by atoms with Gasteiger partial charge in [0.25, 0.3) is 11.5 Å². The van der Waals surface area contributed by atoms with E-state index in [1.807, 2.05) is 37.3 Å². The maximum Gasteiger partial charge on any atom is 0.280 e. The molecular weight excluding hydrogens is 418 g/mol. The molecule has 8 nitrogen and oxygen atoms in total. The zero-order valence-electron chi connectivity index (χ0n) is 18.1. The van der Waals surface area contributed by atoms with E-state index in [0.29, 0.717) is 27.9 Å². The minimum atomic E-state index is -0.410. The lowest BCUT2D eigenvalue weighted by molar-refractivity contribution is 0.101. The van der Waals surface area contributed by atoms with Crippen LogP contribution in [0.15, 0.2) is 77.9 Å². The number of aryl methyl sites for hydroxylation is 1. The normalized spacial score (nSPS) is 11.1. The van der Waals surface area contributed by atoms with Gasteiger partial charge in [-0.3, -0.25) is 15.0 Å². The fourth-order valence-electron chi connectivity index (χ4n) is 3.87. The smallest absolute Gasteiger partial charge is 0.280 e. The maximum absolute atomic E-state index is 13.1. The lowest BCUT2D eigenvalue weighted by Gasteiger charge is -2.10. The quantitative estimate of drug-likeness (QED) is 0.451. The number of hydrogen-bond donors (Lipinski definition) is 1. The molecule has 0 aliphatic carbocycles. The third kappa shape index (κ3) is 3.51. The van der Waals surface area contributed by atoms with Crippen molar-refractivity contribution in [1.82, 2.24) is 19.3 Å². The molecule has 0 radical (unpaired) electrons. The van der Waals surface area contributed by atoms with Crippen LogP contribution in [0.3, 0.4) is 0 Å². The molecule has 0 atom stereocenters. The van der Waals surface area contributed by atoms with Gasteiger partial charge in [-0.25, -0.2) is 14.2 Å². The van der Waals surface area contributed by atoms with Crippen LogP contribution < -0.4 is 15.7 Å². The summed E-state index contributed by atoms with van der Waals surface area (Å²) in [4.78, 5) is 30.3. The topological polar surface area (TPSA) is 90.5 Å². The first-order valence-corrected chi connectivity index (χ1v) is 10.5. The molecule has 3 heterocycles. The number of carbonyl (C=O) groups excluding carboxylic acids is 1. The van der Waals surface area contributed by atoms with E-state index in [1.165, 1.54) is 12.4 Å².